The Hall–Kier alpha value is -2.69. The van der Waals surface area contributed by atoms with Crippen molar-refractivity contribution in [2.24, 2.45) is 0 Å². The van der Waals surface area contributed by atoms with Gasteiger partial charge in [0.2, 0.25) is 15.9 Å². The number of rotatable bonds is 5. The molecule has 1 N–H and O–H groups in total. The highest BCUT2D eigenvalue weighted by Crippen LogP contribution is 2.15. The molecule has 6 nitrogen and oxygen atoms in total. The molecule has 2 aromatic rings. The third kappa shape index (κ3) is 4.19. The van der Waals surface area contributed by atoms with E-state index >= 15 is 0 Å². The Morgan fingerprint density at radius 3 is 2.17 bits per heavy atom. The molecule has 2 rings (SSSR count). The molecule has 0 aliphatic carbocycles. The van der Waals surface area contributed by atoms with Crippen molar-refractivity contribution >= 4 is 21.6 Å². The molecule has 0 bridgehead atoms. The molecule has 0 fully saturated rings. The lowest BCUT2D eigenvalue weighted by atomic mass is 10.1. The standard InChI is InChI=1S/C17H17N3O3S/c1-20(2)24(22,23)16-9-5-13(6-10-16)11-17(21)19-15-7-3-14(12-18)4-8-15/h3-10H,11H2,1-2H3,(H,19,21). The number of hydrogen-bond donors (Lipinski definition) is 1. The maximum Gasteiger partial charge on any atom is 0.242 e. The Labute approximate surface area is 141 Å². The van der Waals surface area contributed by atoms with E-state index < -0.39 is 10.0 Å². The number of carbonyl (C=O) groups is 1. The van der Waals surface area contributed by atoms with Crippen LogP contribution in [0.1, 0.15) is 11.1 Å². The summed E-state index contributed by atoms with van der Waals surface area (Å²) in [6, 6.07) is 14.8. The average molecular weight is 343 g/mol. The normalized spacial score (nSPS) is 11.1. The first-order valence-electron chi connectivity index (χ1n) is 7.14. The van der Waals surface area contributed by atoms with E-state index in [0.717, 1.165) is 4.31 Å². The summed E-state index contributed by atoms with van der Waals surface area (Å²) in [4.78, 5) is 12.2. The Balaban J connectivity index is 2.03. The zero-order valence-corrected chi connectivity index (χ0v) is 14.2. The van der Waals surface area contributed by atoms with Crippen LogP contribution in [0, 0.1) is 11.3 Å². The highest BCUT2D eigenvalue weighted by Gasteiger charge is 2.16. The van der Waals surface area contributed by atoms with Gasteiger partial charge in [-0.15, -0.1) is 0 Å². The number of nitrogens with one attached hydrogen (secondary N) is 1. The van der Waals surface area contributed by atoms with Crippen LogP contribution in [-0.4, -0.2) is 32.7 Å². The van der Waals surface area contributed by atoms with Gasteiger partial charge in [-0.05, 0) is 42.0 Å². The van der Waals surface area contributed by atoms with E-state index in [-0.39, 0.29) is 17.2 Å². The third-order valence-corrected chi connectivity index (χ3v) is 5.19. The Kier molecular flexibility index (Phi) is 5.34. The predicted octanol–water partition coefficient (Wildman–Crippen LogP) is 1.99. The average Bonchev–Trinajstić information content (AvgIpc) is 2.56. The molecule has 0 spiro atoms. The van der Waals surface area contributed by atoms with Crippen molar-refractivity contribution in [2.75, 3.05) is 19.4 Å². The van der Waals surface area contributed by atoms with Crippen LogP contribution in [0.4, 0.5) is 5.69 Å². The van der Waals surface area contributed by atoms with Crippen LogP contribution in [-0.2, 0) is 21.2 Å². The van der Waals surface area contributed by atoms with E-state index in [9.17, 15) is 13.2 Å². The van der Waals surface area contributed by atoms with Gasteiger partial charge in [-0.25, -0.2) is 12.7 Å². The third-order valence-electron chi connectivity index (χ3n) is 3.36. The summed E-state index contributed by atoms with van der Waals surface area (Å²) in [6.07, 6.45) is 0.127. The predicted molar refractivity (Wildman–Crippen MR) is 90.8 cm³/mol. The van der Waals surface area contributed by atoms with Crippen molar-refractivity contribution in [1.82, 2.24) is 4.31 Å². The van der Waals surface area contributed by atoms with Gasteiger partial charge < -0.3 is 5.32 Å². The first-order valence-corrected chi connectivity index (χ1v) is 8.58. The van der Waals surface area contributed by atoms with Crippen LogP contribution in [0.15, 0.2) is 53.4 Å². The Bertz CT molecular complexity index is 865. The van der Waals surface area contributed by atoms with Crippen molar-refractivity contribution < 1.29 is 13.2 Å². The van der Waals surface area contributed by atoms with Crippen molar-refractivity contribution in [3.63, 3.8) is 0 Å². The van der Waals surface area contributed by atoms with E-state index in [0.29, 0.717) is 16.8 Å². The molecule has 0 aromatic heterocycles. The summed E-state index contributed by atoms with van der Waals surface area (Å²) in [7, 11) is -0.538. The maximum absolute atomic E-state index is 12.0. The zero-order chi connectivity index (χ0) is 17.7. The molecule has 0 saturated carbocycles. The lowest BCUT2D eigenvalue weighted by Crippen LogP contribution is -2.22. The van der Waals surface area contributed by atoms with E-state index in [1.165, 1.54) is 26.2 Å². The monoisotopic (exact) mass is 343 g/mol. The van der Waals surface area contributed by atoms with Crippen molar-refractivity contribution in [2.45, 2.75) is 11.3 Å². The summed E-state index contributed by atoms with van der Waals surface area (Å²) in [5.74, 6) is -0.220. The summed E-state index contributed by atoms with van der Waals surface area (Å²) in [6.45, 7) is 0. The summed E-state index contributed by atoms with van der Waals surface area (Å²) in [5, 5.41) is 11.5. The van der Waals surface area contributed by atoms with E-state index in [2.05, 4.69) is 5.32 Å². The molecule has 2 aromatic carbocycles. The number of carbonyl (C=O) groups excluding carboxylic acids is 1. The second kappa shape index (κ2) is 7.25. The van der Waals surface area contributed by atoms with Gasteiger partial charge in [0.25, 0.3) is 0 Å². The molecular formula is C17H17N3O3S. The molecule has 124 valence electrons. The van der Waals surface area contributed by atoms with Gasteiger partial charge >= 0.3 is 0 Å². The summed E-state index contributed by atoms with van der Waals surface area (Å²) >= 11 is 0. The SMILES string of the molecule is CN(C)S(=O)(=O)c1ccc(CC(=O)Nc2ccc(C#N)cc2)cc1. The number of anilines is 1. The number of sulfonamides is 1. The van der Waals surface area contributed by atoms with Crippen LogP contribution < -0.4 is 5.32 Å². The highest BCUT2D eigenvalue weighted by molar-refractivity contribution is 7.89. The van der Waals surface area contributed by atoms with Crippen LogP contribution in [0.3, 0.4) is 0 Å². The first kappa shape index (κ1) is 17.7. The first-order chi connectivity index (χ1) is 11.3. The quantitative estimate of drug-likeness (QED) is 0.899. The van der Waals surface area contributed by atoms with Gasteiger partial charge in [-0.3, -0.25) is 4.79 Å². The van der Waals surface area contributed by atoms with Crippen LogP contribution >= 0.6 is 0 Å². The fourth-order valence-electron chi connectivity index (χ4n) is 2.01. The van der Waals surface area contributed by atoms with Crippen LogP contribution in [0.5, 0.6) is 0 Å². The lowest BCUT2D eigenvalue weighted by Gasteiger charge is -2.11. The van der Waals surface area contributed by atoms with Crippen LogP contribution in [0.2, 0.25) is 0 Å². The molecular weight excluding hydrogens is 326 g/mol. The van der Waals surface area contributed by atoms with Gasteiger partial charge in [0.05, 0.1) is 22.9 Å². The molecule has 0 saturated heterocycles. The Morgan fingerprint density at radius 2 is 1.67 bits per heavy atom. The molecule has 0 unspecified atom stereocenters. The van der Waals surface area contributed by atoms with Crippen molar-refractivity contribution in [1.29, 1.82) is 5.26 Å². The molecule has 0 atom stereocenters. The molecule has 24 heavy (non-hydrogen) atoms. The molecule has 0 aliphatic heterocycles. The largest absolute Gasteiger partial charge is 0.326 e. The second-order valence-electron chi connectivity index (χ2n) is 5.35. The number of hydrogen-bond acceptors (Lipinski definition) is 4. The summed E-state index contributed by atoms with van der Waals surface area (Å²) in [5.41, 5.74) is 1.83. The minimum atomic E-state index is -3.47. The van der Waals surface area contributed by atoms with E-state index in [1.54, 1.807) is 36.4 Å². The van der Waals surface area contributed by atoms with Gasteiger partial charge in [0, 0.05) is 19.8 Å². The Morgan fingerprint density at radius 1 is 1.08 bits per heavy atom. The molecule has 0 radical (unpaired) electrons. The van der Waals surface area contributed by atoms with Crippen molar-refractivity contribution in [3.8, 4) is 6.07 Å². The number of nitrogens with zero attached hydrogens (tertiary/aromatic N) is 2. The van der Waals surface area contributed by atoms with Gasteiger partial charge in [0.1, 0.15) is 0 Å². The van der Waals surface area contributed by atoms with Gasteiger partial charge in [-0.2, -0.15) is 5.26 Å². The second-order valence-corrected chi connectivity index (χ2v) is 7.50. The fraction of sp³-hybridized carbons (Fsp3) is 0.176. The van der Waals surface area contributed by atoms with E-state index in [4.69, 9.17) is 5.26 Å². The van der Waals surface area contributed by atoms with E-state index in [1.807, 2.05) is 6.07 Å². The van der Waals surface area contributed by atoms with Gasteiger partial charge in [0.15, 0.2) is 0 Å². The topological polar surface area (TPSA) is 90.3 Å². The lowest BCUT2D eigenvalue weighted by molar-refractivity contribution is -0.115. The fourth-order valence-corrected chi connectivity index (χ4v) is 2.91. The smallest absolute Gasteiger partial charge is 0.242 e. The van der Waals surface area contributed by atoms with Crippen molar-refractivity contribution in [3.05, 3.63) is 59.7 Å². The van der Waals surface area contributed by atoms with Gasteiger partial charge in [-0.1, -0.05) is 12.1 Å². The number of amides is 1. The number of nitriles is 1. The minimum Gasteiger partial charge on any atom is -0.326 e. The molecule has 7 heteroatoms. The molecule has 0 heterocycles. The zero-order valence-electron chi connectivity index (χ0n) is 13.4. The highest BCUT2D eigenvalue weighted by atomic mass is 32.2. The molecule has 0 aliphatic rings. The number of benzene rings is 2. The summed E-state index contributed by atoms with van der Waals surface area (Å²) < 4.78 is 25.1. The van der Waals surface area contributed by atoms with Crippen LogP contribution in [0.25, 0.3) is 0 Å². The minimum absolute atomic E-state index is 0.127. The maximum atomic E-state index is 12.0. The molecule has 1 amide bonds.